The summed E-state index contributed by atoms with van der Waals surface area (Å²) < 4.78 is 0. The van der Waals surface area contributed by atoms with Gasteiger partial charge in [0, 0.05) is 0 Å². The number of carboxylic acids is 2. The zero-order valence-electron chi connectivity index (χ0n) is 24.9. The first-order valence-electron chi connectivity index (χ1n) is 14.4. The number of benzene rings is 6. The van der Waals surface area contributed by atoms with Gasteiger partial charge in [-0.1, -0.05) is 109 Å². The van der Waals surface area contributed by atoms with E-state index in [0.717, 1.165) is 0 Å². The van der Waals surface area contributed by atoms with Gasteiger partial charge in [-0.2, -0.15) is 0 Å². The molecule has 0 heterocycles. The first-order chi connectivity index (χ1) is 22.5. The van der Waals surface area contributed by atoms with E-state index in [-0.39, 0.29) is 21.8 Å². The SMILES string of the molecule is O=C([O-])C=CC(=O)[O-].c1ccc([S+](c2ccccc2)c2ccccc2)cc1.c1ccc([S+](c2ccccc2)c2ccccc2)cc1. The van der Waals surface area contributed by atoms with Crippen LogP contribution in [-0.4, -0.2) is 11.9 Å². The Morgan fingerprint density at radius 2 is 0.478 bits per heavy atom. The molecule has 0 unspecified atom stereocenters. The molecular formula is C40H32O4S2. The number of carbonyl (C=O) groups excluding carboxylic acids is 2. The van der Waals surface area contributed by atoms with Crippen molar-refractivity contribution >= 4 is 33.7 Å². The molecule has 4 nitrogen and oxygen atoms in total. The van der Waals surface area contributed by atoms with Crippen LogP contribution >= 0.6 is 0 Å². The first-order valence-corrected chi connectivity index (χ1v) is 16.9. The Morgan fingerprint density at radius 3 is 0.609 bits per heavy atom. The van der Waals surface area contributed by atoms with Crippen molar-refractivity contribution < 1.29 is 19.8 Å². The number of carboxylic acid groups (broad SMARTS) is 2. The van der Waals surface area contributed by atoms with E-state index in [1.807, 2.05) is 0 Å². The van der Waals surface area contributed by atoms with Crippen LogP contribution < -0.4 is 10.2 Å². The standard InChI is InChI=1S/2C18H15S.C4H4O4/c2*1-4-10-16(11-5-1)19(17-12-6-2-7-13-17)18-14-8-3-9-15-18;5-3(6)1-2-4(7)8/h2*1-15H;1-2H,(H,5,6)(H,7,8)/q2*+1;/p-2. The van der Waals surface area contributed by atoms with E-state index < -0.39 is 11.9 Å². The summed E-state index contributed by atoms with van der Waals surface area (Å²) in [6, 6.07) is 64.3. The number of hydrogen-bond acceptors (Lipinski definition) is 4. The summed E-state index contributed by atoms with van der Waals surface area (Å²) in [6.07, 6.45) is 0.769. The van der Waals surface area contributed by atoms with Crippen molar-refractivity contribution in [3.63, 3.8) is 0 Å². The third-order valence-electron chi connectivity index (χ3n) is 6.23. The van der Waals surface area contributed by atoms with E-state index in [1.54, 1.807) is 0 Å². The molecule has 0 fully saturated rings. The van der Waals surface area contributed by atoms with Gasteiger partial charge in [0.2, 0.25) is 0 Å². The van der Waals surface area contributed by atoms with Crippen LogP contribution in [0.3, 0.4) is 0 Å². The van der Waals surface area contributed by atoms with Crippen LogP contribution in [0.1, 0.15) is 0 Å². The highest BCUT2D eigenvalue weighted by Gasteiger charge is 2.28. The van der Waals surface area contributed by atoms with Crippen LogP contribution in [-0.2, 0) is 31.4 Å². The molecule has 0 saturated heterocycles. The molecule has 0 aliphatic heterocycles. The molecule has 6 aromatic rings. The summed E-state index contributed by atoms with van der Waals surface area (Å²) >= 11 is 0. The van der Waals surface area contributed by atoms with E-state index >= 15 is 0 Å². The van der Waals surface area contributed by atoms with Crippen molar-refractivity contribution in [3.05, 3.63) is 194 Å². The lowest BCUT2D eigenvalue weighted by atomic mass is 10.4. The Balaban J connectivity index is 0.000000170. The van der Waals surface area contributed by atoms with Crippen LogP contribution in [0.15, 0.2) is 224 Å². The number of hydrogen-bond donors (Lipinski definition) is 0. The van der Waals surface area contributed by atoms with Crippen molar-refractivity contribution in [3.8, 4) is 0 Å². The average Bonchev–Trinajstić information content (AvgIpc) is 3.11. The van der Waals surface area contributed by atoms with Crippen molar-refractivity contribution in [2.45, 2.75) is 29.4 Å². The molecule has 0 N–H and O–H groups in total. The molecule has 0 atom stereocenters. The lowest BCUT2D eigenvalue weighted by Crippen LogP contribution is -2.23. The van der Waals surface area contributed by atoms with Crippen molar-refractivity contribution in [2.24, 2.45) is 0 Å². The molecule has 0 amide bonds. The van der Waals surface area contributed by atoms with Gasteiger partial charge in [0.05, 0.1) is 33.7 Å². The predicted octanol–water partition coefficient (Wildman–Crippen LogP) is 6.61. The van der Waals surface area contributed by atoms with Gasteiger partial charge in [0.1, 0.15) is 0 Å². The van der Waals surface area contributed by atoms with Gasteiger partial charge in [-0.25, -0.2) is 0 Å². The van der Waals surface area contributed by atoms with Gasteiger partial charge in [0.15, 0.2) is 29.4 Å². The minimum absolute atomic E-state index is 0.0146. The second-order valence-electron chi connectivity index (χ2n) is 9.46. The molecule has 0 aliphatic rings. The molecule has 6 aromatic carbocycles. The highest BCUT2D eigenvalue weighted by atomic mass is 32.2. The van der Waals surface area contributed by atoms with Crippen molar-refractivity contribution in [1.29, 1.82) is 0 Å². The first kappa shape index (κ1) is 33.6. The molecule has 6 rings (SSSR count). The molecule has 6 heteroatoms. The molecule has 0 bridgehead atoms. The maximum absolute atomic E-state index is 9.41. The number of carbonyl (C=O) groups is 2. The van der Waals surface area contributed by atoms with E-state index in [1.165, 1.54) is 29.4 Å². The van der Waals surface area contributed by atoms with Crippen LogP contribution in [0, 0.1) is 0 Å². The monoisotopic (exact) mass is 640 g/mol. The maximum Gasteiger partial charge on any atom is 0.166 e. The van der Waals surface area contributed by atoms with Crippen LogP contribution in [0.5, 0.6) is 0 Å². The zero-order chi connectivity index (χ0) is 32.4. The minimum Gasteiger partial charge on any atom is -0.545 e. The summed E-state index contributed by atoms with van der Waals surface area (Å²) in [5.41, 5.74) is 0. The average molecular weight is 641 g/mol. The fraction of sp³-hybridized carbons (Fsp3) is 0. The molecule has 0 saturated carbocycles. The summed E-state index contributed by atoms with van der Waals surface area (Å²) in [7, 11) is -0.0293. The molecule has 0 radical (unpaired) electrons. The maximum atomic E-state index is 9.41. The third-order valence-corrected chi connectivity index (χ3v) is 10.7. The van der Waals surface area contributed by atoms with Crippen LogP contribution in [0.25, 0.3) is 0 Å². The van der Waals surface area contributed by atoms with Gasteiger partial charge < -0.3 is 19.8 Å². The largest absolute Gasteiger partial charge is 0.545 e. The summed E-state index contributed by atoms with van der Waals surface area (Å²) in [5.74, 6) is -3.09. The number of aliphatic carboxylic acids is 2. The normalized spacial score (nSPS) is 10.4. The van der Waals surface area contributed by atoms with Gasteiger partial charge in [0.25, 0.3) is 0 Å². The van der Waals surface area contributed by atoms with Gasteiger partial charge in [-0.15, -0.1) is 0 Å². The summed E-state index contributed by atoms with van der Waals surface area (Å²) in [4.78, 5) is 27.0. The Hall–Kier alpha value is -5.30. The second-order valence-corrected chi connectivity index (χ2v) is 13.5. The minimum atomic E-state index is -1.55. The Labute approximate surface area is 276 Å². The van der Waals surface area contributed by atoms with E-state index in [9.17, 15) is 19.8 Å². The smallest absolute Gasteiger partial charge is 0.166 e. The fourth-order valence-corrected chi connectivity index (χ4v) is 8.50. The highest BCUT2D eigenvalue weighted by Crippen LogP contribution is 2.31. The van der Waals surface area contributed by atoms with Crippen LogP contribution in [0.2, 0.25) is 0 Å². The Bertz CT molecular complexity index is 1440. The molecule has 228 valence electrons. The third kappa shape index (κ3) is 10.7. The predicted molar refractivity (Wildman–Crippen MR) is 182 cm³/mol. The van der Waals surface area contributed by atoms with E-state index in [0.29, 0.717) is 12.2 Å². The summed E-state index contributed by atoms with van der Waals surface area (Å²) in [6.45, 7) is 0. The van der Waals surface area contributed by atoms with E-state index in [4.69, 9.17) is 0 Å². The lowest BCUT2D eigenvalue weighted by molar-refractivity contribution is -0.301. The summed E-state index contributed by atoms with van der Waals surface area (Å²) in [5, 5.41) is 18.8. The molecule has 46 heavy (non-hydrogen) atoms. The van der Waals surface area contributed by atoms with Gasteiger partial charge in [-0.05, 0) is 84.9 Å². The molecular weight excluding hydrogens is 609 g/mol. The molecule has 0 aliphatic carbocycles. The van der Waals surface area contributed by atoms with Crippen molar-refractivity contribution in [1.82, 2.24) is 0 Å². The Morgan fingerprint density at radius 1 is 0.326 bits per heavy atom. The second kappa shape index (κ2) is 18.5. The van der Waals surface area contributed by atoms with Gasteiger partial charge in [-0.3, -0.25) is 0 Å². The zero-order valence-corrected chi connectivity index (χ0v) is 26.6. The molecule has 0 aromatic heterocycles. The number of rotatable bonds is 8. The van der Waals surface area contributed by atoms with Gasteiger partial charge >= 0.3 is 0 Å². The highest BCUT2D eigenvalue weighted by molar-refractivity contribution is 7.97. The van der Waals surface area contributed by atoms with Crippen molar-refractivity contribution in [2.75, 3.05) is 0 Å². The topological polar surface area (TPSA) is 80.3 Å². The van der Waals surface area contributed by atoms with E-state index in [2.05, 4.69) is 182 Å². The molecule has 0 spiro atoms. The quantitative estimate of drug-likeness (QED) is 0.139. The fourth-order valence-electron chi connectivity index (χ4n) is 4.29. The lowest BCUT2D eigenvalue weighted by Gasteiger charge is -2.07. The van der Waals surface area contributed by atoms with Crippen LogP contribution in [0.4, 0.5) is 0 Å². The Kier molecular flexibility index (Phi) is 13.5.